The third kappa shape index (κ3) is 2.07. The number of hydrogen-bond donors (Lipinski definition) is 1. The van der Waals surface area contributed by atoms with E-state index in [4.69, 9.17) is 15.0 Å². The van der Waals surface area contributed by atoms with Gasteiger partial charge < -0.3 is 15.0 Å². The van der Waals surface area contributed by atoms with Crippen molar-refractivity contribution in [2.75, 3.05) is 6.54 Å². The van der Waals surface area contributed by atoms with Crippen LogP contribution in [0.25, 0.3) is 0 Å². The first-order valence-corrected chi connectivity index (χ1v) is 8.02. The van der Waals surface area contributed by atoms with Gasteiger partial charge in [0.25, 0.3) is 0 Å². The molecule has 3 aliphatic carbocycles. The van der Waals surface area contributed by atoms with E-state index >= 15 is 0 Å². The largest absolute Gasteiger partial charge is 0.457 e. The lowest BCUT2D eigenvalue weighted by Crippen LogP contribution is -2.65. The van der Waals surface area contributed by atoms with Gasteiger partial charge in [0.2, 0.25) is 0 Å². The minimum Gasteiger partial charge on any atom is -0.405 e. The van der Waals surface area contributed by atoms with Crippen molar-refractivity contribution in [1.29, 1.82) is 0 Å². The molecule has 0 spiro atoms. The highest BCUT2D eigenvalue weighted by Crippen LogP contribution is 2.65. The Balaban J connectivity index is 1.58. The van der Waals surface area contributed by atoms with Gasteiger partial charge in [-0.15, -0.1) is 0 Å². The first kappa shape index (κ1) is 13.9. The van der Waals surface area contributed by atoms with Crippen LogP contribution < -0.4 is 5.73 Å². The van der Waals surface area contributed by atoms with Gasteiger partial charge in [-0.2, -0.15) is 0 Å². The van der Waals surface area contributed by atoms with Crippen LogP contribution in [0.15, 0.2) is 0 Å². The van der Waals surface area contributed by atoms with Crippen molar-refractivity contribution >= 4 is 7.12 Å². The third-order valence-electron chi connectivity index (χ3n) is 6.15. The molecule has 4 aliphatic rings. The van der Waals surface area contributed by atoms with Crippen LogP contribution in [0, 0.1) is 17.3 Å². The minimum absolute atomic E-state index is 0.0305. The van der Waals surface area contributed by atoms with E-state index in [1.54, 1.807) is 0 Å². The van der Waals surface area contributed by atoms with Gasteiger partial charge in [0.05, 0.1) is 11.7 Å². The Morgan fingerprint density at radius 1 is 1.16 bits per heavy atom. The zero-order valence-corrected chi connectivity index (χ0v) is 12.7. The number of unbranched alkanes of at least 4 members (excludes halogenated alkanes) is 2. The van der Waals surface area contributed by atoms with Crippen LogP contribution in [-0.2, 0) is 9.31 Å². The van der Waals surface area contributed by atoms with Gasteiger partial charge in [0, 0.05) is 0 Å². The third-order valence-corrected chi connectivity index (χ3v) is 6.15. The fourth-order valence-electron chi connectivity index (χ4n) is 4.71. The first-order chi connectivity index (χ1) is 8.98. The number of nitrogens with two attached hydrogens (primary N) is 1. The van der Waals surface area contributed by atoms with Gasteiger partial charge in [0.15, 0.2) is 0 Å². The van der Waals surface area contributed by atoms with E-state index in [0.717, 1.165) is 25.2 Å². The van der Waals surface area contributed by atoms with E-state index in [9.17, 15) is 0 Å². The number of rotatable bonds is 5. The van der Waals surface area contributed by atoms with Crippen LogP contribution in [0.5, 0.6) is 0 Å². The van der Waals surface area contributed by atoms with Crippen molar-refractivity contribution in [2.24, 2.45) is 23.0 Å². The Morgan fingerprint density at radius 2 is 1.95 bits per heavy atom. The van der Waals surface area contributed by atoms with Crippen molar-refractivity contribution in [2.45, 2.75) is 70.9 Å². The molecule has 2 bridgehead atoms. The van der Waals surface area contributed by atoms with E-state index in [-0.39, 0.29) is 12.7 Å². The monoisotopic (exact) mass is 265 g/mol. The van der Waals surface area contributed by atoms with Gasteiger partial charge in [-0.3, -0.25) is 0 Å². The lowest BCUT2D eigenvalue weighted by molar-refractivity contribution is -0.199. The molecule has 1 saturated heterocycles. The van der Waals surface area contributed by atoms with E-state index < -0.39 is 0 Å². The molecule has 0 amide bonds. The fraction of sp³-hybridized carbons (Fsp3) is 1.00. The van der Waals surface area contributed by atoms with Crippen LogP contribution in [0.3, 0.4) is 0 Å². The fourth-order valence-corrected chi connectivity index (χ4v) is 4.71. The summed E-state index contributed by atoms with van der Waals surface area (Å²) in [5, 5.41) is 0. The molecule has 4 heteroatoms. The van der Waals surface area contributed by atoms with Crippen molar-refractivity contribution in [3.8, 4) is 0 Å². The molecular weight excluding hydrogens is 237 g/mol. The van der Waals surface area contributed by atoms with E-state index in [0.29, 0.717) is 17.4 Å². The van der Waals surface area contributed by atoms with Crippen LogP contribution in [0.2, 0.25) is 6.32 Å². The molecular formula is C15H28BNO2. The Kier molecular flexibility index (Phi) is 3.47. The zero-order valence-electron chi connectivity index (χ0n) is 12.7. The van der Waals surface area contributed by atoms with Crippen LogP contribution in [-0.4, -0.2) is 25.4 Å². The molecule has 0 aromatic heterocycles. The average Bonchev–Trinajstić information content (AvgIpc) is 2.70. The predicted octanol–water partition coefficient (Wildman–Crippen LogP) is 2.84. The Hall–Kier alpha value is -0.0551. The minimum atomic E-state index is -0.0310. The van der Waals surface area contributed by atoms with Crippen molar-refractivity contribution in [1.82, 2.24) is 0 Å². The summed E-state index contributed by atoms with van der Waals surface area (Å²) in [5.74, 6) is 1.52. The highest BCUT2D eigenvalue weighted by Gasteiger charge is 2.67. The second kappa shape index (κ2) is 4.75. The van der Waals surface area contributed by atoms with Gasteiger partial charge >= 0.3 is 7.12 Å². The van der Waals surface area contributed by atoms with Crippen molar-refractivity contribution < 1.29 is 9.31 Å². The summed E-state index contributed by atoms with van der Waals surface area (Å²) in [6.45, 7) is 7.90. The van der Waals surface area contributed by atoms with Crippen molar-refractivity contribution in [3.05, 3.63) is 0 Å². The lowest BCUT2D eigenvalue weighted by Gasteiger charge is -2.64. The SMILES string of the molecule is CC1(C)C2CC1[C@]1(C)OB(CCCCCN)O[C@@H]1C2. The summed E-state index contributed by atoms with van der Waals surface area (Å²) in [6.07, 6.45) is 7.38. The van der Waals surface area contributed by atoms with Crippen LogP contribution in [0.1, 0.15) is 52.9 Å². The first-order valence-electron chi connectivity index (χ1n) is 8.02. The predicted molar refractivity (Wildman–Crippen MR) is 77.8 cm³/mol. The molecule has 0 radical (unpaired) electrons. The molecule has 2 N–H and O–H groups in total. The van der Waals surface area contributed by atoms with Gasteiger partial charge in [-0.25, -0.2) is 0 Å². The van der Waals surface area contributed by atoms with E-state index in [1.807, 2.05) is 0 Å². The molecule has 0 aromatic carbocycles. The van der Waals surface area contributed by atoms with Gasteiger partial charge in [-0.1, -0.05) is 26.7 Å². The smallest absolute Gasteiger partial charge is 0.405 e. The summed E-state index contributed by atoms with van der Waals surface area (Å²) in [7, 11) is 0.0305. The highest BCUT2D eigenvalue weighted by atomic mass is 16.7. The summed E-state index contributed by atoms with van der Waals surface area (Å²) >= 11 is 0. The lowest BCUT2D eigenvalue weighted by atomic mass is 9.43. The molecule has 4 rings (SSSR count). The molecule has 3 nitrogen and oxygen atoms in total. The summed E-state index contributed by atoms with van der Waals surface area (Å²) in [6, 6.07) is 0. The molecule has 1 heterocycles. The molecule has 108 valence electrons. The standard InChI is InChI=1S/C15H28BNO2/c1-14(2)11-9-12(14)15(3)13(10-11)18-16(19-15)7-5-4-6-8-17/h11-13H,4-10,17H2,1-3H3/t11?,12?,13-,15+/m1/s1. The second-order valence-corrected chi connectivity index (χ2v) is 7.54. The zero-order chi connectivity index (χ0) is 13.7. The molecule has 2 unspecified atom stereocenters. The summed E-state index contributed by atoms with van der Waals surface area (Å²) < 4.78 is 12.6. The maximum absolute atomic E-state index is 6.37. The van der Waals surface area contributed by atoms with Crippen molar-refractivity contribution in [3.63, 3.8) is 0 Å². The Labute approximate surface area is 117 Å². The topological polar surface area (TPSA) is 44.5 Å². The summed E-state index contributed by atoms with van der Waals surface area (Å²) in [4.78, 5) is 0. The van der Waals surface area contributed by atoms with E-state index in [2.05, 4.69) is 20.8 Å². The Bertz CT molecular complexity index is 349. The highest BCUT2D eigenvalue weighted by molar-refractivity contribution is 6.45. The normalized spacial score (nSPS) is 42.9. The number of hydrogen-bond acceptors (Lipinski definition) is 3. The molecule has 4 atom stereocenters. The maximum Gasteiger partial charge on any atom is 0.457 e. The van der Waals surface area contributed by atoms with Gasteiger partial charge in [0.1, 0.15) is 0 Å². The van der Waals surface area contributed by atoms with Crippen LogP contribution >= 0.6 is 0 Å². The van der Waals surface area contributed by atoms with Gasteiger partial charge in [-0.05, 0) is 56.3 Å². The molecule has 3 saturated carbocycles. The molecule has 0 aromatic rings. The second-order valence-electron chi connectivity index (χ2n) is 7.54. The summed E-state index contributed by atoms with van der Waals surface area (Å²) in [5.41, 5.74) is 5.95. The quantitative estimate of drug-likeness (QED) is 0.614. The van der Waals surface area contributed by atoms with Crippen LogP contribution in [0.4, 0.5) is 0 Å². The molecule has 19 heavy (non-hydrogen) atoms. The molecule has 4 fully saturated rings. The van der Waals surface area contributed by atoms with E-state index in [1.165, 1.54) is 25.7 Å². The maximum atomic E-state index is 6.37. The Morgan fingerprint density at radius 3 is 2.63 bits per heavy atom. The average molecular weight is 265 g/mol. The molecule has 1 aliphatic heterocycles.